The van der Waals surface area contributed by atoms with E-state index >= 15 is 0 Å². The zero-order valence-corrected chi connectivity index (χ0v) is 13.0. The molecule has 1 aromatic carbocycles. The third-order valence-corrected chi connectivity index (χ3v) is 5.16. The van der Waals surface area contributed by atoms with Gasteiger partial charge in [0.2, 0.25) is 10.0 Å². The Morgan fingerprint density at radius 2 is 1.90 bits per heavy atom. The fraction of sp³-hybridized carbons (Fsp3) is 0.417. The number of alkyl halides is 3. The molecule has 1 unspecified atom stereocenters. The molecule has 21 heavy (non-hydrogen) atoms. The lowest BCUT2D eigenvalue weighted by molar-refractivity contribution is -0.139. The SMILES string of the molecule is CC(CC(N)=S)N(C)S(=O)(=O)c1ccccc1C(F)(F)F. The van der Waals surface area contributed by atoms with Gasteiger partial charge in [0.05, 0.1) is 15.4 Å². The number of sulfonamides is 1. The lowest BCUT2D eigenvalue weighted by atomic mass is 10.2. The molecule has 0 heterocycles. The van der Waals surface area contributed by atoms with Crippen molar-refractivity contribution < 1.29 is 21.6 Å². The summed E-state index contributed by atoms with van der Waals surface area (Å²) in [5, 5.41) is 0. The first-order valence-electron chi connectivity index (χ1n) is 5.90. The molecule has 118 valence electrons. The van der Waals surface area contributed by atoms with Crippen molar-refractivity contribution in [2.24, 2.45) is 5.73 Å². The molecule has 0 spiro atoms. The highest BCUT2D eigenvalue weighted by molar-refractivity contribution is 7.89. The summed E-state index contributed by atoms with van der Waals surface area (Å²) in [6.07, 6.45) is -4.67. The van der Waals surface area contributed by atoms with Gasteiger partial charge in [-0.3, -0.25) is 0 Å². The fourth-order valence-electron chi connectivity index (χ4n) is 1.74. The number of hydrogen-bond donors (Lipinski definition) is 1. The van der Waals surface area contributed by atoms with Gasteiger partial charge in [-0.2, -0.15) is 17.5 Å². The van der Waals surface area contributed by atoms with Crippen LogP contribution in [0.1, 0.15) is 18.9 Å². The molecule has 0 aliphatic rings. The Morgan fingerprint density at radius 1 is 1.38 bits per heavy atom. The van der Waals surface area contributed by atoms with Crippen LogP contribution in [0.5, 0.6) is 0 Å². The van der Waals surface area contributed by atoms with Crippen molar-refractivity contribution in [2.75, 3.05) is 7.05 Å². The second-order valence-corrected chi connectivity index (χ2v) is 7.02. The molecule has 0 bridgehead atoms. The minimum Gasteiger partial charge on any atom is -0.393 e. The minimum absolute atomic E-state index is 0.0826. The van der Waals surface area contributed by atoms with E-state index in [9.17, 15) is 21.6 Å². The topological polar surface area (TPSA) is 63.4 Å². The number of rotatable bonds is 5. The van der Waals surface area contributed by atoms with Crippen LogP contribution in [0, 0.1) is 0 Å². The molecule has 0 saturated carbocycles. The third kappa shape index (κ3) is 4.14. The molecule has 9 heteroatoms. The summed E-state index contributed by atoms with van der Waals surface area (Å²) >= 11 is 4.69. The largest absolute Gasteiger partial charge is 0.417 e. The Balaban J connectivity index is 3.29. The Bertz CT molecular complexity index is 630. The first-order valence-corrected chi connectivity index (χ1v) is 7.75. The van der Waals surface area contributed by atoms with Crippen molar-refractivity contribution in [3.8, 4) is 0 Å². The van der Waals surface area contributed by atoms with Crippen molar-refractivity contribution in [2.45, 2.75) is 30.5 Å². The van der Waals surface area contributed by atoms with Gasteiger partial charge in [-0.15, -0.1) is 0 Å². The predicted molar refractivity (Wildman–Crippen MR) is 77.3 cm³/mol. The summed E-state index contributed by atoms with van der Waals surface area (Å²) in [4.78, 5) is -0.691. The molecule has 0 aliphatic heterocycles. The fourth-order valence-corrected chi connectivity index (χ4v) is 3.55. The molecule has 0 aromatic heterocycles. The van der Waals surface area contributed by atoms with Crippen LogP contribution in [0.15, 0.2) is 29.2 Å². The van der Waals surface area contributed by atoms with Crippen LogP contribution in [0.2, 0.25) is 0 Å². The summed E-state index contributed by atoms with van der Waals surface area (Å²) in [7, 11) is -3.10. The standard InChI is InChI=1S/C12H15F3N2O2S2/c1-8(7-11(16)20)17(2)21(18,19)10-6-4-3-5-9(10)12(13,14)15/h3-6,8H,7H2,1-2H3,(H2,16,20). The van der Waals surface area contributed by atoms with Gasteiger partial charge in [-0.1, -0.05) is 24.4 Å². The highest BCUT2D eigenvalue weighted by Gasteiger charge is 2.38. The number of nitrogens with two attached hydrogens (primary N) is 1. The zero-order chi connectivity index (χ0) is 16.4. The highest BCUT2D eigenvalue weighted by atomic mass is 32.2. The molecule has 0 saturated heterocycles. The molecule has 4 nitrogen and oxygen atoms in total. The Morgan fingerprint density at radius 3 is 2.38 bits per heavy atom. The highest BCUT2D eigenvalue weighted by Crippen LogP contribution is 2.35. The summed E-state index contributed by atoms with van der Waals surface area (Å²) in [6, 6.07) is 3.41. The van der Waals surface area contributed by atoms with E-state index in [1.165, 1.54) is 20.0 Å². The van der Waals surface area contributed by atoms with E-state index in [-0.39, 0.29) is 11.4 Å². The van der Waals surface area contributed by atoms with Gasteiger partial charge in [0, 0.05) is 19.5 Å². The van der Waals surface area contributed by atoms with Gasteiger partial charge < -0.3 is 5.73 Å². The molecule has 0 amide bonds. The summed E-state index contributed by atoms with van der Waals surface area (Å²) < 4.78 is 64.4. The second kappa shape index (κ2) is 6.29. The maximum absolute atomic E-state index is 12.9. The smallest absolute Gasteiger partial charge is 0.393 e. The van der Waals surface area contributed by atoms with Crippen molar-refractivity contribution in [3.63, 3.8) is 0 Å². The molecule has 1 rings (SSSR count). The van der Waals surface area contributed by atoms with E-state index < -0.39 is 32.7 Å². The Labute approximate surface area is 126 Å². The molecule has 1 atom stereocenters. The lowest BCUT2D eigenvalue weighted by Gasteiger charge is -2.25. The second-order valence-electron chi connectivity index (χ2n) is 4.53. The Hall–Kier alpha value is -1.19. The number of halogens is 3. The Kier molecular flexibility index (Phi) is 5.35. The van der Waals surface area contributed by atoms with E-state index in [0.29, 0.717) is 0 Å². The van der Waals surface area contributed by atoms with Crippen LogP contribution < -0.4 is 5.73 Å². The quantitative estimate of drug-likeness (QED) is 0.836. The molecular formula is C12H15F3N2O2S2. The van der Waals surface area contributed by atoms with E-state index in [1.807, 2.05) is 0 Å². The summed E-state index contributed by atoms with van der Waals surface area (Å²) in [5.41, 5.74) is 4.15. The van der Waals surface area contributed by atoms with Gasteiger partial charge in [-0.25, -0.2) is 8.42 Å². The van der Waals surface area contributed by atoms with Crippen LogP contribution in [0.25, 0.3) is 0 Å². The molecule has 0 radical (unpaired) electrons. The van der Waals surface area contributed by atoms with Crippen molar-refractivity contribution >= 4 is 27.2 Å². The minimum atomic E-state index is -4.75. The van der Waals surface area contributed by atoms with Crippen LogP contribution in [-0.4, -0.2) is 30.8 Å². The zero-order valence-electron chi connectivity index (χ0n) is 11.4. The van der Waals surface area contributed by atoms with Crippen molar-refractivity contribution in [3.05, 3.63) is 29.8 Å². The van der Waals surface area contributed by atoms with Crippen LogP contribution in [-0.2, 0) is 16.2 Å². The van der Waals surface area contributed by atoms with Gasteiger partial charge in [0.1, 0.15) is 0 Å². The van der Waals surface area contributed by atoms with Gasteiger partial charge in [0.15, 0.2) is 0 Å². The van der Waals surface area contributed by atoms with Crippen LogP contribution >= 0.6 is 12.2 Å². The van der Waals surface area contributed by atoms with Crippen molar-refractivity contribution in [1.82, 2.24) is 4.31 Å². The maximum Gasteiger partial charge on any atom is 0.417 e. The van der Waals surface area contributed by atoms with E-state index in [0.717, 1.165) is 22.5 Å². The van der Waals surface area contributed by atoms with Gasteiger partial charge in [0.25, 0.3) is 0 Å². The average molecular weight is 340 g/mol. The number of nitrogens with zero attached hydrogens (tertiary/aromatic N) is 1. The van der Waals surface area contributed by atoms with Crippen LogP contribution in [0.3, 0.4) is 0 Å². The first-order chi connectivity index (χ1) is 9.48. The van der Waals surface area contributed by atoms with Crippen LogP contribution in [0.4, 0.5) is 13.2 Å². The monoisotopic (exact) mass is 340 g/mol. The van der Waals surface area contributed by atoms with Gasteiger partial charge in [-0.05, 0) is 19.1 Å². The molecule has 0 aliphatic carbocycles. The average Bonchev–Trinajstić information content (AvgIpc) is 2.36. The maximum atomic E-state index is 12.9. The molecule has 2 N–H and O–H groups in total. The predicted octanol–water partition coefficient (Wildman–Crippen LogP) is 2.39. The first kappa shape index (κ1) is 17.9. The summed E-state index contributed by atoms with van der Waals surface area (Å²) in [5.74, 6) is 0. The number of benzene rings is 1. The third-order valence-electron chi connectivity index (χ3n) is 2.97. The van der Waals surface area contributed by atoms with Crippen molar-refractivity contribution in [1.29, 1.82) is 0 Å². The van der Waals surface area contributed by atoms with E-state index in [2.05, 4.69) is 0 Å². The lowest BCUT2D eigenvalue weighted by Crippen LogP contribution is -2.38. The molecule has 0 fully saturated rings. The normalized spacial score (nSPS) is 14.2. The summed E-state index contributed by atoms with van der Waals surface area (Å²) in [6.45, 7) is 1.52. The number of thiocarbonyl (C=S) groups is 1. The number of hydrogen-bond acceptors (Lipinski definition) is 3. The van der Waals surface area contributed by atoms with E-state index in [1.54, 1.807) is 0 Å². The molecule has 1 aromatic rings. The van der Waals surface area contributed by atoms with Gasteiger partial charge >= 0.3 is 6.18 Å². The molecular weight excluding hydrogens is 325 g/mol. The van der Waals surface area contributed by atoms with E-state index in [4.69, 9.17) is 18.0 Å².